The largest absolute Gasteiger partial charge is 0.0626 e. The molecule has 1 aliphatic carbocycles. The van der Waals surface area contributed by atoms with Gasteiger partial charge in [-0.2, -0.15) is 0 Å². The molecule has 96 valence electrons. The van der Waals surface area contributed by atoms with Gasteiger partial charge in [-0.15, -0.1) is 0 Å². The van der Waals surface area contributed by atoms with E-state index < -0.39 is 0 Å². The van der Waals surface area contributed by atoms with Crippen molar-refractivity contribution in [2.24, 2.45) is 0 Å². The predicted octanol–water partition coefficient (Wildman–Crippen LogP) is 5.16. The van der Waals surface area contributed by atoms with Crippen molar-refractivity contribution in [1.29, 1.82) is 0 Å². The van der Waals surface area contributed by atoms with Crippen molar-refractivity contribution in [3.8, 4) is 11.1 Å². The molecule has 0 bridgehead atoms. The fourth-order valence-electron chi connectivity index (χ4n) is 3.18. The van der Waals surface area contributed by atoms with E-state index >= 15 is 0 Å². The Kier molecular flexibility index (Phi) is 2.27. The first-order valence-corrected chi connectivity index (χ1v) is 7.01. The number of fused-ring (bicyclic) bond motifs is 3. The zero-order chi connectivity index (χ0) is 14.4. The van der Waals surface area contributed by atoms with Gasteiger partial charge in [0.2, 0.25) is 0 Å². The van der Waals surface area contributed by atoms with Gasteiger partial charge in [0.15, 0.2) is 0 Å². The van der Waals surface area contributed by atoms with Gasteiger partial charge in [0.25, 0.3) is 0 Å². The summed E-state index contributed by atoms with van der Waals surface area (Å²) in [4.78, 5) is 0. The third-order valence-corrected chi connectivity index (χ3v) is 4.15. The second-order valence-electron chi connectivity index (χ2n) is 5.43. The number of hydrogen-bond acceptors (Lipinski definition) is 0. The van der Waals surface area contributed by atoms with Crippen LogP contribution in [0.1, 0.15) is 29.5 Å². The minimum Gasteiger partial charge on any atom is -0.0619 e. The lowest BCUT2D eigenvalue weighted by Gasteiger charge is -2.14. The van der Waals surface area contributed by atoms with E-state index in [1.807, 2.05) is 12.1 Å². The molecule has 3 aromatic carbocycles. The van der Waals surface area contributed by atoms with Crippen molar-refractivity contribution in [3.63, 3.8) is 0 Å². The summed E-state index contributed by atoms with van der Waals surface area (Å²) in [5.41, 5.74) is 7.48. The lowest BCUT2D eigenvalue weighted by Crippen LogP contribution is -1.98. The SMILES string of the molecule is [2H]c1cccc2c1C(c1ccc(C)cc1)c1ccccc1-2. The molecule has 0 nitrogen and oxygen atoms in total. The van der Waals surface area contributed by atoms with Crippen LogP contribution in [-0.4, -0.2) is 0 Å². The fourth-order valence-corrected chi connectivity index (χ4v) is 3.18. The quantitative estimate of drug-likeness (QED) is 0.442. The number of benzene rings is 3. The molecule has 0 spiro atoms. The summed E-state index contributed by atoms with van der Waals surface area (Å²) in [6, 6.07) is 23.9. The third kappa shape index (κ3) is 1.61. The van der Waals surface area contributed by atoms with Crippen LogP contribution in [-0.2, 0) is 0 Å². The zero-order valence-corrected chi connectivity index (χ0v) is 11.4. The second kappa shape index (κ2) is 4.35. The molecule has 1 unspecified atom stereocenters. The van der Waals surface area contributed by atoms with Gasteiger partial charge in [-0.25, -0.2) is 0 Å². The highest BCUT2D eigenvalue weighted by Gasteiger charge is 2.28. The van der Waals surface area contributed by atoms with Crippen LogP contribution < -0.4 is 0 Å². The molecule has 20 heavy (non-hydrogen) atoms. The number of aryl methyl sites for hydroxylation is 1. The van der Waals surface area contributed by atoms with Gasteiger partial charge >= 0.3 is 0 Å². The van der Waals surface area contributed by atoms with Crippen molar-refractivity contribution in [2.75, 3.05) is 0 Å². The van der Waals surface area contributed by atoms with Crippen LogP contribution in [0.4, 0.5) is 0 Å². The molecule has 0 aromatic heterocycles. The minimum absolute atomic E-state index is 0.186. The Morgan fingerprint density at radius 2 is 1.40 bits per heavy atom. The molecule has 0 amide bonds. The molecule has 0 aliphatic heterocycles. The van der Waals surface area contributed by atoms with Gasteiger partial charge in [-0.05, 0) is 34.7 Å². The zero-order valence-electron chi connectivity index (χ0n) is 12.4. The molecule has 4 rings (SSSR count). The first-order valence-electron chi connectivity index (χ1n) is 7.51. The highest BCUT2D eigenvalue weighted by atomic mass is 14.3. The van der Waals surface area contributed by atoms with E-state index in [0.29, 0.717) is 6.04 Å². The van der Waals surface area contributed by atoms with Gasteiger partial charge < -0.3 is 0 Å². The fraction of sp³-hybridized carbons (Fsp3) is 0.100. The van der Waals surface area contributed by atoms with E-state index in [0.717, 1.165) is 5.56 Å². The van der Waals surface area contributed by atoms with Crippen molar-refractivity contribution < 1.29 is 1.37 Å². The maximum Gasteiger partial charge on any atom is 0.0626 e. The van der Waals surface area contributed by atoms with Crippen molar-refractivity contribution in [1.82, 2.24) is 0 Å². The van der Waals surface area contributed by atoms with Crippen molar-refractivity contribution >= 4 is 0 Å². The predicted molar refractivity (Wildman–Crippen MR) is 84.0 cm³/mol. The molecule has 0 saturated heterocycles. The van der Waals surface area contributed by atoms with Gasteiger partial charge in [-0.1, -0.05) is 78.3 Å². The molecular formula is C20H16. The van der Waals surface area contributed by atoms with Crippen LogP contribution in [0.15, 0.2) is 72.8 Å². The summed E-state index contributed by atoms with van der Waals surface area (Å²) in [5.74, 6) is 0.186. The average molecular weight is 257 g/mol. The summed E-state index contributed by atoms with van der Waals surface area (Å²) in [7, 11) is 0. The average Bonchev–Trinajstić information content (AvgIpc) is 2.84. The van der Waals surface area contributed by atoms with E-state index in [-0.39, 0.29) is 5.92 Å². The van der Waals surface area contributed by atoms with E-state index in [1.54, 1.807) is 0 Å². The third-order valence-electron chi connectivity index (χ3n) is 4.15. The van der Waals surface area contributed by atoms with Gasteiger partial charge in [0, 0.05) is 5.92 Å². The van der Waals surface area contributed by atoms with Gasteiger partial charge in [-0.3, -0.25) is 0 Å². The Balaban J connectivity index is 2.01. The smallest absolute Gasteiger partial charge is 0.0619 e. The van der Waals surface area contributed by atoms with Gasteiger partial charge in [0.1, 0.15) is 0 Å². The first-order chi connectivity index (χ1) is 10.3. The molecule has 1 aliphatic rings. The Labute approximate surface area is 121 Å². The van der Waals surface area contributed by atoms with Crippen LogP contribution >= 0.6 is 0 Å². The van der Waals surface area contributed by atoms with Crippen LogP contribution in [0.3, 0.4) is 0 Å². The standard InChI is InChI=1S/C20H16/c1-14-10-12-15(13-11-14)20-18-8-4-2-6-16(18)17-7-3-5-9-19(17)20/h2-13,20H,1H3/i8D. The van der Waals surface area contributed by atoms with Crippen LogP contribution in [0.2, 0.25) is 0 Å². The van der Waals surface area contributed by atoms with Crippen molar-refractivity contribution in [2.45, 2.75) is 12.8 Å². The summed E-state index contributed by atoms with van der Waals surface area (Å²) < 4.78 is 8.35. The van der Waals surface area contributed by atoms with E-state index in [1.165, 1.54) is 27.8 Å². The highest BCUT2D eigenvalue weighted by Crippen LogP contribution is 2.47. The lowest BCUT2D eigenvalue weighted by molar-refractivity contribution is 1.01. The summed E-state index contributed by atoms with van der Waals surface area (Å²) in [6.07, 6.45) is 0. The van der Waals surface area contributed by atoms with Crippen LogP contribution in [0, 0.1) is 6.92 Å². The molecule has 0 radical (unpaired) electrons. The van der Waals surface area contributed by atoms with E-state index in [9.17, 15) is 0 Å². The molecule has 3 aromatic rings. The van der Waals surface area contributed by atoms with E-state index in [4.69, 9.17) is 1.37 Å². The number of hydrogen-bond donors (Lipinski definition) is 0. The number of rotatable bonds is 1. The Morgan fingerprint density at radius 3 is 2.20 bits per heavy atom. The Morgan fingerprint density at radius 1 is 0.750 bits per heavy atom. The maximum absolute atomic E-state index is 8.35. The second-order valence-corrected chi connectivity index (χ2v) is 5.43. The molecule has 0 saturated carbocycles. The Hall–Kier alpha value is -2.34. The summed E-state index contributed by atoms with van der Waals surface area (Å²) in [6.45, 7) is 2.11. The highest BCUT2D eigenvalue weighted by molar-refractivity contribution is 5.80. The van der Waals surface area contributed by atoms with Crippen molar-refractivity contribution in [3.05, 3.63) is 95.0 Å². The molecular weight excluding hydrogens is 240 g/mol. The summed E-state index contributed by atoms with van der Waals surface area (Å²) >= 11 is 0. The first kappa shape index (κ1) is 10.4. The van der Waals surface area contributed by atoms with Crippen LogP contribution in [0.25, 0.3) is 11.1 Å². The molecule has 0 N–H and O–H groups in total. The van der Waals surface area contributed by atoms with Crippen LogP contribution in [0.5, 0.6) is 0 Å². The topological polar surface area (TPSA) is 0 Å². The molecule has 0 heteroatoms. The molecule has 0 heterocycles. The normalized spacial score (nSPS) is 16.4. The monoisotopic (exact) mass is 257 g/mol. The minimum atomic E-state index is 0.186. The summed E-state index contributed by atoms with van der Waals surface area (Å²) in [5, 5.41) is 0. The molecule has 0 fully saturated rings. The van der Waals surface area contributed by atoms with Gasteiger partial charge in [0.05, 0.1) is 1.37 Å². The molecule has 1 atom stereocenters. The lowest BCUT2D eigenvalue weighted by atomic mass is 9.89. The Bertz CT molecular complexity index is 815. The maximum atomic E-state index is 8.35. The van der Waals surface area contributed by atoms with E-state index in [2.05, 4.69) is 61.5 Å².